The van der Waals surface area contributed by atoms with Crippen LogP contribution in [0.15, 0.2) is 18.2 Å². The van der Waals surface area contributed by atoms with Crippen LogP contribution in [0.3, 0.4) is 0 Å². The van der Waals surface area contributed by atoms with E-state index in [4.69, 9.17) is 5.73 Å². The molecule has 0 atom stereocenters. The van der Waals surface area contributed by atoms with Crippen molar-refractivity contribution in [2.45, 2.75) is 13.8 Å². The zero-order valence-corrected chi connectivity index (χ0v) is 12.2. The second-order valence-electron chi connectivity index (χ2n) is 4.49. The van der Waals surface area contributed by atoms with Crippen LogP contribution in [0.1, 0.15) is 21.7 Å². The molecule has 7 nitrogen and oxygen atoms in total. The first kappa shape index (κ1) is 13.4. The summed E-state index contributed by atoms with van der Waals surface area (Å²) in [7, 11) is 0. The maximum atomic E-state index is 12.2. The highest BCUT2D eigenvalue weighted by molar-refractivity contribution is 7.22. The molecule has 1 amide bonds. The number of nitrogens with zero attached hydrogens (tertiary/aromatic N) is 4. The van der Waals surface area contributed by atoms with Gasteiger partial charge in [-0.15, -0.1) is 5.10 Å². The van der Waals surface area contributed by atoms with Crippen molar-refractivity contribution in [1.82, 2.24) is 20.2 Å². The Hall–Kier alpha value is -2.61. The number of aromatic nitrogens is 4. The maximum absolute atomic E-state index is 12.2. The van der Waals surface area contributed by atoms with Gasteiger partial charge in [0.25, 0.3) is 5.91 Å². The standard InChI is InChI=1S/C13H12N6OS/c1-6-7(2)18-19-13(15-6)17-11(20)8-3-4-9-10(5-8)21-12(14)16-9/h3-5H,1-2H3,(H2,14,16)(H,15,17,19,20). The Balaban J connectivity index is 1.87. The smallest absolute Gasteiger partial charge is 0.258 e. The summed E-state index contributed by atoms with van der Waals surface area (Å²) < 4.78 is 0.860. The third kappa shape index (κ3) is 2.65. The third-order valence-electron chi connectivity index (χ3n) is 2.98. The van der Waals surface area contributed by atoms with E-state index in [1.54, 1.807) is 18.2 Å². The number of aryl methyl sites for hydroxylation is 2. The predicted molar refractivity (Wildman–Crippen MR) is 81.3 cm³/mol. The van der Waals surface area contributed by atoms with Crippen molar-refractivity contribution >= 4 is 38.5 Å². The van der Waals surface area contributed by atoms with E-state index in [1.165, 1.54) is 11.3 Å². The van der Waals surface area contributed by atoms with Gasteiger partial charge >= 0.3 is 0 Å². The van der Waals surface area contributed by atoms with E-state index < -0.39 is 0 Å². The molecule has 0 aliphatic carbocycles. The summed E-state index contributed by atoms with van der Waals surface area (Å²) in [6.07, 6.45) is 0. The molecule has 0 radical (unpaired) electrons. The van der Waals surface area contributed by atoms with Crippen molar-refractivity contribution in [3.63, 3.8) is 0 Å². The number of carbonyl (C=O) groups is 1. The Morgan fingerprint density at radius 3 is 2.76 bits per heavy atom. The topological polar surface area (TPSA) is 107 Å². The molecule has 8 heteroatoms. The largest absolute Gasteiger partial charge is 0.375 e. The molecule has 3 N–H and O–H groups in total. The first-order valence-corrected chi connectivity index (χ1v) is 7.00. The molecule has 3 aromatic rings. The van der Waals surface area contributed by atoms with E-state index in [2.05, 4.69) is 25.5 Å². The average molecular weight is 300 g/mol. The number of nitrogen functional groups attached to an aromatic ring is 1. The lowest BCUT2D eigenvalue weighted by atomic mass is 10.2. The van der Waals surface area contributed by atoms with Gasteiger partial charge in [0.15, 0.2) is 5.13 Å². The van der Waals surface area contributed by atoms with E-state index in [1.807, 2.05) is 13.8 Å². The van der Waals surface area contributed by atoms with Crippen molar-refractivity contribution < 1.29 is 4.79 Å². The Bertz CT molecular complexity index is 844. The molecular formula is C13H12N6OS. The van der Waals surface area contributed by atoms with Gasteiger partial charge < -0.3 is 5.73 Å². The van der Waals surface area contributed by atoms with Gasteiger partial charge in [0, 0.05) is 5.56 Å². The summed E-state index contributed by atoms with van der Waals surface area (Å²) in [4.78, 5) is 20.5. The van der Waals surface area contributed by atoms with Crippen molar-refractivity contribution in [1.29, 1.82) is 0 Å². The molecular weight excluding hydrogens is 288 g/mol. The van der Waals surface area contributed by atoms with Crippen LogP contribution in [0.5, 0.6) is 0 Å². The van der Waals surface area contributed by atoms with Crippen molar-refractivity contribution in [3.05, 3.63) is 35.2 Å². The molecule has 21 heavy (non-hydrogen) atoms. The van der Waals surface area contributed by atoms with Crippen molar-refractivity contribution in [2.75, 3.05) is 11.1 Å². The Morgan fingerprint density at radius 1 is 1.19 bits per heavy atom. The van der Waals surface area contributed by atoms with Crippen LogP contribution in [-0.2, 0) is 0 Å². The first-order valence-electron chi connectivity index (χ1n) is 6.18. The minimum absolute atomic E-state index is 0.187. The Kier molecular flexibility index (Phi) is 3.22. The third-order valence-corrected chi connectivity index (χ3v) is 3.83. The number of hydrogen-bond acceptors (Lipinski definition) is 7. The molecule has 106 valence electrons. The van der Waals surface area contributed by atoms with Crippen LogP contribution in [0.2, 0.25) is 0 Å². The van der Waals surface area contributed by atoms with Gasteiger partial charge in [-0.3, -0.25) is 10.1 Å². The van der Waals surface area contributed by atoms with Crippen LogP contribution in [0.25, 0.3) is 10.2 Å². The van der Waals surface area contributed by atoms with Crippen LogP contribution in [0, 0.1) is 13.8 Å². The summed E-state index contributed by atoms with van der Waals surface area (Å²) in [6.45, 7) is 3.62. The summed E-state index contributed by atoms with van der Waals surface area (Å²) in [5, 5.41) is 10.9. The van der Waals surface area contributed by atoms with Crippen LogP contribution >= 0.6 is 11.3 Å². The number of thiazole rings is 1. The van der Waals surface area contributed by atoms with E-state index in [9.17, 15) is 4.79 Å². The van der Waals surface area contributed by atoms with E-state index in [0.29, 0.717) is 10.7 Å². The molecule has 0 aliphatic heterocycles. The lowest BCUT2D eigenvalue weighted by molar-refractivity contribution is 0.102. The average Bonchev–Trinajstić information content (AvgIpc) is 2.82. The maximum Gasteiger partial charge on any atom is 0.258 e. The molecule has 0 unspecified atom stereocenters. The number of fused-ring (bicyclic) bond motifs is 1. The fraction of sp³-hybridized carbons (Fsp3) is 0.154. The molecule has 3 rings (SSSR count). The highest BCUT2D eigenvalue weighted by Gasteiger charge is 2.11. The molecule has 0 fully saturated rings. The molecule has 1 aromatic carbocycles. The van der Waals surface area contributed by atoms with Crippen LogP contribution in [-0.4, -0.2) is 26.1 Å². The van der Waals surface area contributed by atoms with Gasteiger partial charge in [-0.2, -0.15) is 5.10 Å². The molecule has 0 spiro atoms. The molecule has 0 saturated heterocycles. The normalized spacial score (nSPS) is 10.8. The number of amides is 1. The number of benzene rings is 1. The lowest BCUT2D eigenvalue weighted by Gasteiger charge is -2.04. The number of anilines is 2. The van der Waals surface area contributed by atoms with Gasteiger partial charge in [-0.25, -0.2) is 9.97 Å². The number of nitrogens with one attached hydrogen (secondary N) is 1. The number of hydrogen-bond donors (Lipinski definition) is 2. The second-order valence-corrected chi connectivity index (χ2v) is 5.56. The fourth-order valence-electron chi connectivity index (χ4n) is 1.77. The summed E-state index contributed by atoms with van der Waals surface area (Å²) in [5.41, 5.74) is 8.38. The number of nitrogens with two attached hydrogens (primary N) is 1. The van der Waals surface area contributed by atoms with E-state index >= 15 is 0 Å². The monoisotopic (exact) mass is 300 g/mol. The zero-order valence-electron chi connectivity index (χ0n) is 11.4. The Morgan fingerprint density at radius 2 is 2.00 bits per heavy atom. The summed E-state index contributed by atoms with van der Waals surface area (Å²) in [6, 6.07) is 5.19. The van der Waals surface area contributed by atoms with Gasteiger partial charge in [-0.05, 0) is 32.0 Å². The Labute approximate surface area is 124 Å². The predicted octanol–water partition coefficient (Wildman–Crippen LogP) is 1.93. The second kappa shape index (κ2) is 5.06. The molecule has 2 heterocycles. The molecule has 2 aromatic heterocycles. The van der Waals surface area contributed by atoms with Crippen molar-refractivity contribution in [2.24, 2.45) is 0 Å². The SMILES string of the molecule is Cc1nnc(NC(=O)c2ccc3nc(N)sc3c2)nc1C. The zero-order chi connectivity index (χ0) is 15.0. The van der Waals surface area contributed by atoms with E-state index in [0.717, 1.165) is 21.6 Å². The van der Waals surface area contributed by atoms with Gasteiger partial charge in [0.05, 0.1) is 21.6 Å². The number of carbonyl (C=O) groups excluding carboxylic acids is 1. The van der Waals surface area contributed by atoms with Gasteiger partial charge in [-0.1, -0.05) is 11.3 Å². The fourth-order valence-corrected chi connectivity index (χ4v) is 2.54. The summed E-state index contributed by atoms with van der Waals surface area (Å²) >= 11 is 1.34. The quantitative estimate of drug-likeness (QED) is 0.749. The van der Waals surface area contributed by atoms with Crippen LogP contribution in [0.4, 0.5) is 11.1 Å². The molecule has 0 aliphatic rings. The van der Waals surface area contributed by atoms with Crippen molar-refractivity contribution in [3.8, 4) is 0 Å². The van der Waals surface area contributed by atoms with Gasteiger partial charge in [0.2, 0.25) is 5.95 Å². The van der Waals surface area contributed by atoms with Gasteiger partial charge in [0.1, 0.15) is 0 Å². The highest BCUT2D eigenvalue weighted by Crippen LogP contribution is 2.24. The van der Waals surface area contributed by atoms with Crippen LogP contribution < -0.4 is 11.1 Å². The minimum Gasteiger partial charge on any atom is -0.375 e. The first-order chi connectivity index (χ1) is 10.0. The lowest BCUT2D eigenvalue weighted by Crippen LogP contribution is -2.15. The summed E-state index contributed by atoms with van der Waals surface area (Å²) in [5.74, 6) is -0.110. The highest BCUT2D eigenvalue weighted by atomic mass is 32.1. The minimum atomic E-state index is -0.297. The number of rotatable bonds is 2. The van der Waals surface area contributed by atoms with E-state index in [-0.39, 0.29) is 11.9 Å². The molecule has 0 bridgehead atoms. The molecule has 0 saturated carbocycles.